The molecule has 3 N–H and O–H groups in total. The van der Waals surface area contributed by atoms with E-state index in [9.17, 15) is 5.11 Å². The summed E-state index contributed by atoms with van der Waals surface area (Å²) in [5, 5.41) is 9.41. The molecule has 0 bridgehead atoms. The van der Waals surface area contributed by atoms with Crippen LogP contribution in [-0.4, -0.2) is 23.1 Å². The first-order valence-electron chi connectivity index (χ1n) is 6.82. The Morgan fingerprint density at radius 2 is 2.00 bits per heavy atom. The van der Waals surface area contributed by atoms with Gasteiger partial charge in [-0.05, 0) is 49.0 Å². The largest absolute Gasteiger partial charge is 0.506 e. The van der Waals surface area contributed by atoms with E-state index in [1.54, 1.807) is 6.07 Å². The summed E-state index contributed by atoms with van der Waals surface area (Å²) in [6, 6.07) is 5.52. The highest BCUT2D eigenvalue weighted by Gasteiger charge is 2.27. The van der Waals surface area contributed by atoms with Crippen molar-refractivity contribution >= 4 is 5.69 Å². The van der Waals surface area contributed by atoms with Crippen LogP contribution in [0.2, 0.25) is 0 Å². The van der Waals surface area contributed by atoms with E-state index in [0.717, 1.165) is 19.6 Å². The van der Waals surface area contributed by atoms with Crippen LogP contribution in [0.1, 0.15) is 38.7 Å². The third-order valence-corrected chi connectivity index (χ3v) is 4.41. The summed E-state index contributed by atoms with van der Waals surface area (Å²) < 4.78 is 0. The summed E-state index contributed by atoms with van der Waals surface area (Å²) in [5.41, 5.74) is 7.91. The molecule has 0 radical (unpaired) electrons. The van der Waals surface area contributed by atoms with Crippen molar-refractivity contribution in [2.75, 3.05) is 18.8 Å². The number of rotatable bonds is 3. The summed E-state index contributed by atoms with van der Waals surface area (Å²) in [6.07, 6.45) is 3.82. The molecule has 18 heavy (non-hydrogen) atoms. The van der Waals surface area contributed by atoms with Crippen molar-refractivity contribution in [1.82, 2.24) is 4.90 Å². The molecule has 2 rings (SSSR count). The van der Waals surface area contributed by atoms with Crippen LogP contribution in [0.4, 0.5) is 5.69 Å². The van der Waals surface area contributed by atoms with Crippen LogP contribution in [0, 0.1) is 5.41 Å². The quantitative estimate of drug-likeness (QED) is 0.638. The van der Waals surface area contributed by atoms with Crippen molar-refractivity contribution in [1.29, 1.82) is 0 Å². The molecule has 1 saturated heterocycles. The van der Waals surface area contributed by atoms with Crippen LogP contribution >= 0.6 is 0 Å². The third-order valence-electron chi connectivity index (χ3n) is 4.41. The molecule has 1 fully saturated rings. The Balaban J connectivity index is 1.93. The van der Waals surface area contributed by atoms with E-state index in [-0.39, 0.29) is 5.75 Å². The number of hydrogen-bond donors (Lipinski definition) is 2. The molecular formula is C15H24N2O. The summed E-state index contributed by atoms with van der Waals surface area (Å²) in [6.45, 7) is 7.93. The zero-order valence-corrected chi connectivity index (χ0v) is 11.4. The molecule has 1 aliphatic rings. The molecule has 0 aromatic heterocycles. The van der Waals surface area contributed by atoms with Gasteiger partial charge in [0, 0.05) is 6.54 Å². The Bertz CT molecular complexity index is 409. The van der Waals surface area contributed by atoms with Gasteiger partial charge < -0.3 is 10.8 Å². The molecule has 100 valence electrons. The maximum absolute atomic E-state index is 9.41. The van der Waals surface area contributed by atoms with Gasteiger partial charge in [-0.2, -0.15) is 0 Å². The Morgan fingerprint density at radius 1 is 1.33 bits per heavy atom. The molecule has 3 heteroatoms. The van der Waals surface area contributed by atoms with Crippen LogP contribution in [0.25, 0.3) is 0 Å². The standard InChI is InChI=1S/C15H24N2O/c1-3-15(2)6-8-17(9-7-15)11-12-4-5-14(18)13(16)10-12/h4-5,10,18H,3,6-9,11,16H2,1-2H3. The van der Waals surface area contributed by atoms with Crippen molar-refractivity contribution in [3.05, 3.63) is 23.8 Å². The van der Waals surface area contributed by atoms with Crippen molar-refractivity contribution < 1.29 is 5.11 Å². The van der Waals surface area contributed by atoms with Gasteiger partial charge >= 0.3 is 0 Å². The van der Waals surface area contributed by atoms with E-state index in [1.165, 1.54) is 24.8 Å². The van der Waals surface area contributed by atoms with Crippen molar-refractivity contribution in [2.45, 2.75) is 39.7 Å². The average molecular weight is 248 g/mol. The Morgan fingerprint density at radius 3 is 2.56 bits per heavy atom. The van der Waals surface area contributed by atoms with Crippen LogP contribution in [0.15, 0.2) is 18.2 Å². The number of nitrogens with zero attached hydrogens (tertiary/aromatic N) is 1. The Kier molecular flexibility index (Phi) is 3.81. The molecule has 0 spiro atoms. The number of hydrogen-bond acceptors (Lipinski definition) is 3. The molecule has 1 aromatic rings. The molecule has 0 unspecified atom stereocenters. The second kappa shape index (κ2) is 5.19. The lowest BCUT2D eigenvalue weighted by molar-refractivity contribution is 0.109. The van der Waals surface area contributed by atoms with Gasteiger partial charge in [0.25, 0.3) is 0 Å². The zero-order valence-electron chi connectivity index (χ0n) is 11.4. The van der Waals surface area contributed by atoms with E-state index in [2.05, 4.69) is 18.7 Å². The second-order valence-corrected chi connectivity index (χ2v) is 5.83. The first kappa shape index (κ1) is 13.2. The number of piperidine rings is 1. The number of aromatic hydroxyl groups is 1. The van der Waals surface area contributed by atoms with E-state index < -0.39 is 0 Å². The first-order valence-corrected chi connectivity index (χ1v) is 6.82. The number of phenolic OH excluding ortho intramolecular Hbond substituents is 1. The third kappa shape index (κ3) is 2.96. The predicted octanol–water partition coefficient (Wildman–Crippen LogP) is 2.99. The zero-order chi connectivity index (χ0) is 13.2. The molecule has 0 atom stereocenters. The molecule has 1 heterocycles. The molecule has 0 saturated carbocycles. The number of phenols is 1. The fourth-order valence-corrected chi connectivity index (χ4v) is 2.57. The number of anilines is 1. The SMILES string of the molecule is CCC1(C)CCN(Cc2ccc(O)c(N)c2)CC1. The van der Waals surface area contributed by atoms with Crippen molar-refractivity contribution in [3.63, 3.8) is 0 Å². The molecular weight excluding hydrogens is 224 g/mol. The van der Waals surface area contributed by atoms with Crippen molar-refractivity contribution in [3.8, 4) is 5.75 Å². The van der Waals surface area contributed by atoms with Gasteiger partial charge in [0.15, 0.2) is 0 Å². The van der Waals surface area contributed by atoms with Crippen LogP contribution < -0.4 is 5.73 Å². The van der Waals surface area contributed by atoms with Gasteiger partial charge in [-0.3, -0.25) is 4.90 Å². The second-order valence-electron chi connectivity index (χ2n) is 5.83. The highest BCUT2D eigenvalue weighted by molar-refractivity contribution is 5.53. The number of nitrogens with two attached hydrogens (primary N) is 1. The minimum atomic E-state index is 0.177. The van der Waals surface area contributed by atoms with Gasteiger partial charge in [-0.15, -0.1) is 0 Å². The lowest BCUT2D eigenvalue weighted by atomic mass is 9.78. The molecule has 1 aliphatic heterocycles. The Hall–Kier alpha value is -1.22. The lowest BCUT2D eigenvalue weighted by Crippen LogP contribution is -2.37. The lowest BCUT2D eigenvalue weighted by Gasteiger charge is -2.39. The molecule has 0 amide bonds. The molecule has 1 aromatic carbocycles. The van der Waals surface area contributed by atoms with E-state index >= 15 is 0 Å². The van der Waals surface area contributed by atoms with E-state index in [1.807, 2.05) is 12.1 Å². The van der Waals surface area contributed by atoms with Crippen LogP contribution in [0.3, 0.4) is 0 Å². The average Bonchev–Trinajstić information content (AvgIpc) is 2.37. The maximum Gasteiger partial charge on any atom is 0.138 e. The maximum atomic E-state index is 9.41. The summed E-state index contributed by atoms with van der Waals surface area (Å²) in [4.78, 5) is 2.48. The van der Waals surface area contributed by atoms with Crippen molar-refractivity contribution in [2.24, 2.45) is 5.41 Å². The number of likely N-dealkylation sites (tertiary alicyclic amines) is 1. The smallest absolute Gasteiger partial charge is 0.138 e. The fraction of sp³-hybridized carbons (Fsp3) is 0.600. The fourth-order valence-electron chi connectivity index (χ4n) is 2.57. The number of nitrogen functional groups attached to an aromatic ring is 1. The Labute approximate surface area is 110 Å². The molecule has 3 nitrogen and oxygen atoms in total. The topological polar surface area (TPSA) is 49.5 Å². The summed E-state index contributed by atoms with van der Waals surface area (Å²) in [5.74, 6) is 0.177. The van der Waals surface area contributed by atoms with Gasteiger partial charge in [0.05, 0.1) is 5.69 Å². The van der Waals surface area contributed by atoms with Crippen LogP contribution in [0.5, 0.6) is 5.75 Å². The van der Waals surface area contributed by atoms with Gasteiger partial charge in [0.1, 0.15) is 5.75 Å². The van der Waals surface area contributed by atoms with E-state index in [4.69, 9.17) is 5.73 Å². The first-order chi connectivity index (χ1) is 8.52. The van der Waals surface area contributed by atoms with E-state index in [0.29, 0.717) is 11.1 Å². The highest BCUT2D eigenvalue weighted by atomic mass is 16.3. The normalized spacial score (nSPS) is 19.9. The van der Waals surface area contributed by atoms with Crippen LogP contribution in [-0.2, 0) is 6.54 Å². The number of benzene rings is 1. The predicted molar refractivity (Wildman–Crippen MR) is 75.4 cm³/mol. The van der Waals surface area contributed by atoms with Gasteiger partial charge in [0.2, 0.25) is 0 Å². The minimum absolute atomic E-state index is 0.177. The van der Waals surface area contributed by atoms with Gasteiger partial charge in [-0.25, -0.2) is 0 Å². The highest BCUT2D eigenvalue weighted by Crippen LogP contribution is 2.34. The molecule has 0 aliphatic carbocycles. The summed E-state index contributed by atoms with van der Waals surface area (Å²) in [7, 11) is 0. The van der Waals surface area contributed by atoms with Gasteiger partial charge in [-0.1, -0.05) is 26.3 Å². The monoisotopic (exact) mass is 248 g/mol. The minimum Gasteiger partial charge on any atom is -0.506 e. The summed E-state index contributed by atoms with van der Waals surface area (Å²) >= 11 is 0.